The van der Waals surface area contributed by atoms with Crippen molar-refractivity contribution in [3.8, 4) is 0 Å². The van der Waals surface area contributed by atoms with Crippen LogP contribution >= 0.6 is 8.38 Å². The van der Waals surface area contributed by atoms with Crippen LogP contribution in [0.5, 0.6) is 0 Å². The van der Waals surface area contributed by atoms with E-state index in [2.05, 4.69) is 0 Å². The van der Waals surface area contributed by atoms with Crippen LogP contribution in [0.4, 0.5) is 0 Å². The minimum Gasteiger partial charge on any atom is -0.412 e. The second-order valence-corrected chi connectivity index (χ2v) is 1.47. The van der Waals surface area contributed by atoms with Gasteiger partial charge in [0.15, 0.2) is 8.38 Å². The maximum absolute atomic E-state index is 7.68. The lowest BCUT2D eigenvalue weighted by atomic mass is 12.0. The molecule has 0 rings (SSSR count). The lowest BCUT2D eigenvalue weighted by molar-refractivity contribution is 0.491. The van der Waals surface area contributed by atoms with Crippen LogP contribution in [-0.2, 0) is 0 Å². The predicted molar refractivity (Wildman–Crippen MR) is 20.9 cm³/mol. The zero-order valence-corrected chi connectivity index (χ0v) is 3.74. The Morgan fingerprint density at radius 1 is 1.40 bits per heavy atom. The normalized spacial score (nSPS) is 7.20. The van der Waals surface area contributed by atoms with Crippen LogP contribution in [0.1, 0.15) is 0 Å². The van der Waals surface area contributed by atoms with E-state index in [1.807, 2.05) is 0 Å². The van der Waals surface area contributed by atoms with E-state index in [1.165, 1.54) is 6.66 Å². The first kappa shape index (κ1) is 9.00. The summed E-state index contributed by atoms with van der Waals surface area (Å²) in [4.78, 5) is 15.4. The van der Waals surface area contributed by atoms with Gasteiger partial charge in [-0.3, -0.25) is 0 Å². The molecule has 0 aliphatic rings. The van der Waals surface area contributed by atoms with Crippen LogP contribution in [-0.4, -0.2) is 21.9 Å². The van der Waals surface area contributed by atoms with E-state index in [-0.39, 0.29) is 5.48 Å². The Morgan fingerprint density at radius 2 is 1.40 bits per heavy atom. The summed E-state index contributed by atoms with van der Waals surface area (Å²) in [5.41, 5.74) is 0. The lowest BCUT2D eigenvalue weighted by Crippen LogP contribution is -1.52. The van der Waals surface area contributed by atoms with Crippen molar-refractivity contribution in [1.29, 1.82) is 0 Å². The van der Waals surface area contributed by atoms with Crippen LogP contribution in [0.15, 0.2) is 0 Å². The molecule has 34 valence electrons. The van der Waals surface area contributed by atoms with Gasteiger partial charge in [-0.2, -0.15) is 0 Å². The van der Waals surface area contributed by atoms with Crippen molar-refractivity contribution in [2.24, 2.45) is 0 Å². The van der Waals surface area contributed by atoms with Crippen molar-refractivity contribution in [3.63, 3.8) is 0 Å². The first-order chi connectivity index (χ1) is 1.73. The molecule has 0 aromatic heterocycles. The molecular weight excluding hydrogens is 91.0 g/mol. The summed E-state index contributed by atoms with van der Waals surface area (Å²) >= 11 is 0. The highest BCUT2D eigenvalue weighted by Crippen LogP contribution is 2.12. The third-order valence-corrected chi connectivity index (χ3v) is 0. The van der Waals surface area contributed by atoms with Gasteiger partial charge < -0.3 is 15.3 Å². The van der Waals surface area contributed by atoms with Crippen molar-refractivity contribution >= 4 is 8.38 Å². The molecule has 3 nitrogen and oxygen atoms in total. The van der Waals surface area contributed by atoms with E-state index >= 15 is 0 Å². The molecule has 0 radical (unpaired) electrons. The molecule has 0 saturated carbocycles. The van der Waals surface area contributed by atoms with E-state index in [0.29, 0.717) is 0 Å². The summed E-state index contributed by atoms with van der Waals surface area (Å²) in [7, 11) is -1.62. The fraction of sp³-hybridized carbons (Fsp3) is 1.00. The van der Waals surface area contributed by atoms with Crippen LogP contribution in [0.3, 0.4) is 0 Å². The highest BCUT2D eigenvalue weighted by molar-refractivity contribution is 7.44. The van der Waals surface area contributed by atoms with E-state index in [0.717, 1.165) is 0 Å². The van der Waals surface area contributed by atoms with Crippen LogP contribution < -0.4 is 0 Å². The zero-order valence-electron chi connectivity index (χ0n) is 2.84. The fourth-order valence-electron chi connectivity index (χ4n) is 0. The standard InChI is InChI=1S/CH5O2P.H2O/c1-4(2)3;/h2-3H,1H3;1H2. The Balaban J connectivity index is 0. The van der Waals surface area contributed by atoms with Crippen molar-refractivity contribution in [2.75, 3.05) is 6.66 Å². The van der Waals surface area contributed by atoms with Gasteiger partial charge in [-0.1, -0.05) is 0 Å². The highest BCUT2D eigenvalue weighted by Gasteiger charge is 1.72. The molecule has 0 spiro atoms. The van der Waals surface area contributed by atoms with Gasteiger partial charge in [0, 0.05) is 6.66 Å². The molecule has 0 fully saturated rings. The zero-order chi connectivity index (χ0) is 3.58. The smallest absolute Gasteiger partial charge is 0.161 e. The molecule has 0 heterocycles. The monoisotopic (exact) mass is 98.0 g/mol. The number of rotatable bonds is 0. The number of hydrogen-bond acceptors (Lipinski definition) is 2. The third-order valence-electron chi connectivity index (χ3n) is 0. The van der Waals surface area contributed by atoms with E-state index in [1.54, 1.807) is 0 Å². The summed E-state index contributed by atoms with van der Waals surface area (Å²) in [5, 5.41) is 0. The Kier molecular flexibility index (Phi) is 7.76. The van der Waals surface area contributed by atoms with E-state index in [4.69, 9.17) is 9.79 Å². The first-order valence-electron chi connectivity index (χ1n) is 0.847. The molecule has 0 amide bonds. The van der Waals surface area contributed by atoms with Crippen molar-refractivity contribution < 1.29 is 15.3 Å². The Bertz CT molecular complexity index is 11.6. The topological polar surface area (TPSA) is 72.0 Å². The summed E-state index contributed by atoms with van der Waals surface area (Å²) < 4.78 is 0. The summed E-state index contributed by atoms with van der Waals surface area (Å²) in [5.74, 6) is 0. The van der Waals surface area contributed by atoms with Crippen molar-refractivity contribution in [3.05, 3.63) is 0 Å². The second-order valence-electron chi connectivity index (χ2n) is 0.489. The lowest BCUT2D eigenvalue weighted by Gasteiger charge is -1.79. The average Bonchev–Trinajstić information content (AvgIpc) is 0.811. The molecule has 0 saturated heterocycles. The molecule has 0 aromatic rings. The minimum absolute atomic E-state index is 0. The molecule has 4 N–H and O–H groups in total. The molecule has 5 heavy (non-hydrogen) atoms. The van der Waals surface area contributed by atoms with Gasteiger partial charge in [0.1, 0.15) is 0 Å². The predicted octanol–water partition coefficient (Wildman–Crippen LogP) is -0.912. The summed E-state index contributed by atoms with van der Waals surface area (Å²) in [6.07, 6.45) is 0. The molecule has 0 aliphatic heterocycles. The summed E-state index contributed by atoms with van der Waals surface area (Å²) in [6, 6.07) is 0. The molecule has 0 aromatic carbocycles. The van der Waals surface area contributed by atoms with Crippen LogP contribution in [0.2, 0.25) is 0 Å². The maximum Gasteiger partial charge on any atom is 0.161 e. The van der Waals surface area contributed by atoms with E-state index < -0.39 is 8.38 Å². The van der Waals surface area contributed by atoms with Crippen LogP contribution in [0.25, 0.3) is 0 Å². The largest absolute Gasteiger partial charge is 0.412 e. The molecular formula is CH7O3P. The second kappa shape index (κ2) is 4.31. The Hall–Kier alpha value is 0.310. The van der Waals surface area contributed by atoms with Crippen molar-refractivity contribution in [1.82, 2.24) is 0 Å². The fourth-order valence-corrected chi connectivity index (χ4v) is 0. The maximum atomic E-state index is 7.68. The van der Waals surface area contributed by atoms with Gasteiger partial charge >= 0.3 is 0 Å². The molecule has 4 heteroatoms. The van der Waals surface area contributed by atoms with Crippen molar-refractivity contribution in [2.45, 2.75) is 0 Å². The Morgan fingerprint density at radius 3 is 1.40 bits per heavy atom. The van der Waals surface area contributed by atoms with Crippen LogP contribution in [0, 0.1) is 0 Å². The third kappa shape index (κ3) is 239. The van der Waals surface area contributed by atoms with Gasteiger partial charge in [-0.25, -0.2) is 0 Å². The quantitative estimate of drug-likeness (QED) is 0.385. The van der Waals surface area contributed by atoms with E-state index in [9.17, 15) is 0 Å². The van der Waals surface area contributed by atoms with Gasteiger partial charge in [0.25, 0.3) is 0 Å². The first-order valence-corrected chi connectivity index (χ1v) is 2.54. The average molecular weight is 98.0 g/mol. The molecule has 0 bridgehead atoms. The highest BCUT2D eigenvalue weighted by atomic mass is 31.2. The Labute approximate surface area is 31.5 Å². The number of hydrogen-bond donors (Lipinski definition) is 2. The van der Waals surface area contributed by atoms with Gasteiger partial charge in [-0.15, -0.1) is 0 Å². The van der Waals surface area contributed by atoms with Gasteiger partial charge in [-0.05, 0) is 0 Å². The molecule has 0 unspecified atom stereocenters. The molecule has 0 aliphatic carbocycles. The summed E-state index contributed by atoms with van der Waals surface area (Å²) in [6.45, 7) is 1.34. The van der Waals surface area contributed by atoms with Gasteiger partial charge in [0.2, 0.25) is 0 Å². The minimum atomic E-state index is -1.62. The molecule has 0 atom stereocenters. The van der Waals surface area contributed by atoms with Gasteiger partial charge in [0.05, 0.1) is 0 Å². The SMILES string of the molecule is CP(O)O.O.